The number of rotatable bonds is 4. The number of nitrogens with one attached hydrogen (secondary N) is 1. The number of anilines is 1. The van der Waals surface area contributed by atoms with E-state index in [9.17, 15) is 9.59 Å². The Labute approximate surface area is 142 Å². The standard InChI is InChI=1S/C18H22N4O2/c1-2-21-6-8-22(9-7-21)18(24)16-11-15(16)17(23)20-14-5-3-4-13(10-14)12-19/h3-5,10,15-16H,2,6-9,11H2,1H3,(H,20,23). The van der Waals surface area contributed by atoms with Crippen LogP contribution in [0.25, 0.3) is 0 Å². The SMILES string of the molecule is CCN1CCN(C(=O)C2CC2C(=O)Nc2cccc(C#N)c2)CC1. The molecule has 1 aromatic rings. The fraction of sp³-hybridized carbons (Fsp3) is 0.500. The largest absolute Gasteiger partial charge is 0.340 e. The van der Waals surface area contributed by atoms with Crippen LogP contribution in [0.2, 0.25) is 0 Å². The molecule has 3 rings (SSSR count). The minimum absolute atomic E-state index is 0.108. The van der Waals surface area contributed by atoms with Crippen molar-refractivity contribution in [3.63, 3.8) is 0 Å². The lowest BCUT2D eigenvalue weighted by atomic mass is 10.2. The molecule has 24 heavy (non-hydrogen) atoms. The van der Waals surface area contributed by atoms with E-state index in [-0.39, 0.29) is 23.7 Å². The first-order chi connectivity index (χ1) is 11.6. The summed E-state index contributed by atoms with van der Waals surface area (Å²) in [6.07, 6.45) is 0.622. The minimum atomic E-state index is -0.243. The van der Waals surface area contributed by atoms with E-state index >= 15 is 0 Å². The summed E-state index contributed by atoms with van der Waals surface area (Å²) in [5.74, 6) is -0.447. The van der Waals surface area contributed by atoms with Gasteiger partial charge < -0.3 is 15.1 Å². The van der Waals surface area contributed by atoms with Crippen LogP contribution in [0.15, 0.2) is 24.3 Å². The Bertz CT molecular complexity index is 674. The number of carbonyl (C=O) groups is 2. The zero-order valence-electron chi connectivity index (χ0n) is 13.9. The molecule has 6 nitrogen and oxygen atoms in total. The number of nitriles is 1. The molecule has 2 unspecified atom stereocenters. The molecule has 0 bridgehead atoms. The molecule has 1 saturated heterocycles. The molecule has 1 aliphatic heterocycles. The monoisotopic (exact) mass is 326 g/mol. The van der Waals surface area contributed by atoms with Crippen LogP contribution in [0.3, 0.4) is 0 Å². The normalized spacial score (nSPS) is 23.4. The number of nitrogens with zero attached hydrogens (tertiary/aromatic N) is 3. The third-order valence-electron chi connectivity index (χ3n) is 4.83. The van der Waals surface area contributed by atoms with Gasteiger partial charge in [0.1, 0.15) is 0 Å². The van der Waals surface area contributed by atoms with Crippen LogP contribution in [0.4, 0.5) is 5.69 Å². The summed E-state index contributed by atoms with van der Waals surface area (Å²) in [5.41, 5.74) is 1.11. The van der Waals surface area contributed by atoms with E-state index in [1.807, 2.05) is 11.0 Å². The van der Waals surface area contributed by atoms with Crippen molar-refractivity contribution in [1.29, 1.82) is 5.26 Å². The average Bonchev–Trinajstić information content (AvgIpc) is 3.42. The van der Waals surface area contributed by atoms with Gasteiger partial charge in [0.25, 0.3) is 0 Å². The molecule has 2 amide bonds. The molecular formula is C18H22N4O2. The van der Waals surface area contributed by atoms with Crippen molar-refractivity contribution in [3.8, 4) is 6.07 Å². The van der Waals surface area contributed by atoms with Gasteiger partial charge in [-0.15, -0.1) is 0 Å². The zero-order valence-corrected chi connectivity index (χ0v) is 13.9. The first kappa shape index (κ1) is 16.5. The maximum Gasteiger partial charge on any atom is 0.228 e. The van der Waals surface area contributed by atoms with Crippen molar-refractivity contribution < 1.29 is 9.59 Å². The molecule has 1 N–H and O–H groups in total. The van der Waals surface area contributed by atoms with Crippen LogP contribution in [-0.4, -0.2) is 54.3 Å². The molecule has 1 heterocycles. The van der Waals surface area contributed by atoms with E-state index in [0.717, 1.165) is 32.7 Å². The quantitative estimate of drug-likeness (QED) is 0.905. The van der Waals surface area contributed by atoms with Crippen molar-refractivity contribution in [2.45, 2.75) is 13.3 Å². The Morgan fingerprint density at radius 2 is 2.00 bits per heavy atom. The van der Waals surface area contributed by atoms with E-state index < -0.39 is 0 Å². The number of hydrogen-bond donors (Lipinski definition) is 1. The molecular weight excluding hydrogens is 304 g/mol. The molecule has 126 valence electrons. The second-order valence-corrected chi connectivity index (χ2v) is 6.39. The van der Waals surface area contributed by atoms with Gasteiger partial charge in [0, 0.05) is 31.9 Å². The Morgan fingerprint density at radius 3 is 2.67 bits per heavy atom. The number of piperazine rings is 1. The van der Waals surface area contributed by atoms with E-state index in [2.05, 4.69) is 17.1 Å². The molecule has 1 aromatic carbocycles. The number of hydrogen-bond acceptors (Lipinski definition) is 4. The van der Waals surface area contributed by atoms with Crippen molar-refractivity contribution in [2.24, 2.45) is 11.8 Å². The lowest BCUT2D eigenvalue weighted by Gasteiger charge is -2.34. The van der Waals surface area contributed by atoms with E-state index in [0.29, 0.717) is 17.7 Å². The predicted octanol–water partition coefficient (Wildman–Crippen LogP) is 1.30. The van der Waals surface area contributed by atoms with Gasteiger partial charge in [0.2, 0.25) is 11.8 Å². The molecule has 1 saturated carbocycles. The van der Waals surface area contributed by atoms with Crippen molar-refractivity contribution >= 4 is 17.5 Å². The molecule has 2 aliphatic rings. The summed E-state index contributed by atoms with van der Waals surface area (Å²) in [6, 6.07) is 8.86. The highest BCUT2D eigenvalue weighted by atomic mass is 16.2. The summed E-state index contributed by atoms with van der Waals surface area (Å²) in [6.45, 7) is 6.46. The lowest BCUT2D eigenvalue weighted by Crippen LogP contribution is -2.49. The van der Waals surface area contributed by atoms with Gasteiger partial charge >= 0.3 is 0 Å². The fourth-order valence-corrected chi connectivity index (χ4v) is 3.18. The summed E-state index contributed by atoms with van der Waals surface area (Å²) in [7, 11) is 0. The second-order valence-electron chi connectivity index (χ2n) is 6.39. The van der Waals surface area contributed by atoms with Crippen LogP contribution < -0.4 is 5.32 Å². The molecule has 0 radical (unpaired) electrons. The van der Waals surface area contributed by atoms with Gasteiger partial charge in [-0.3, -0.25) is 9.59 Å². The minimum Gasteiger partial charge on any atom is -0.340 e. The summed E-state index contributed by atoms with van der Waals surface area (Å²) >= 11 is 0. The third-order valence-corrected chi connectivity index (χ3v) is 4.83. The van der Waals surface area contributed by atoms with Crippen molar-refractivity contribution in [2.75, 3.05) is 38.0 Å². The van der Waals surface area contributed by atoms with Gasteiger partial charge in [0.15, 0.2) is 0 Å². The molecule has 2 fully saturated rings. The predicted molar refractivity (Wildman–Crippen MR) is 90.1 cm³/mol. The second kappa shape index (κ2) is 7.02. The van der Waals surface area contributed by atoms with Gasteiger partial charge in [0.05, 0.1) is 23.5 Å². The summed E-state index contributed by atoms with van der Waals surface area (Å²) < 4.78 is 0. The molecule has 2 atom stereocenters. The lowest BCUT2D eigenvalue weighted by molar-refractivity contribution is -0.135. The fourth-order valence-electron chi connectivity index (χ4n) is 3.18. The Kier molecular flexibility index (Phi) is 4.81. The smallest absolute Gasteiger partial charge is 0.228 e. The first-order valence-electron chi connectivity index (χ1n) is 8.44. The number of benzene rings is 1. The number of carbonyl (C=O) groups excluding carboxylic acids is 2. The Hall–Kier alpha value is -2.39. The highest BCUT2D eigenvalue weighted by Gasteiger charge is 2.49. The van der Waals surface area contributed by atoms with Crippen LogP contribution in [0.5, 0.6) is 0 Å². The maximum atomic E-state index is 12.5. The molecule has 0 spiro atoms. The van der Waals surface area contributed by atoms with Crippen LogP contribution in [0.1, 0.15) is 18.9 Å². The van der Waals surface area contributed by atoms with Crippen LogP contribution >= 0.6 is 0 Å². The topological polar surface area (TPSA) is 76.4 Å². The molecule has 1 aliphatic carbocycles. The Balaban J connectivity index is 1.52. The highest BCUT2D eigenvalue weighted by Crippen LogP contribution is 2.41. The van der Waals surface area contributed by atoms with E-state index in [4.69, 9.17) is 5.26 Å². The number of likely N-dealkylation sites (N-methyl/N-ethyl adjacent to an activating group) is 1. The first-order valence-corrected chi connectivity index (χ1v) is 8.44. The van der Waals surface area contributed by atoms with Crippen molar-refractivity contribution in [3.05, 3.63) is 29.8 Å². The number of amides is 2. The maximum absolute atomic E-state index is 12.5. The third kappa shape index (κ3) is 3.57. The van der Waals surface area contributed by atoms with Gasteiger partial charge in [-0.1, -0.05) is 13.0 Å². The highest BCUT2D eigenvalue weighted by molar-refractivity contribution is 5.99. The average molecular weight is 326 g/mol. The van der Waals surface area contributed by atoms with Crippen molar-refractivity contribution in [1.82, 2.24) is 9.80 Å². The van der Waals surface area contributed by atoms with Gasteiger partial charge in [-0.25, -0.2) is 0 Å². The van der Waals surface area contributed by atoms with Gasteiger partial charge in [-0.2, -0.15) is 5.26 Å². The molecule has 6 heteroatoms. The van der Waals surface area contributed by atoms with E-state index in [1.165, 1.54) is 0 Å². The molecule has 0 aromatic heterocycles. The summed E-state index contributed by atoms with van der Waals surface area (Å²) in [5, 5.41) is 11.7. The summed E-state index contributed by atoms with van der Waals surface area (Å²) in [4.78, 5) is 29.0. The zero-order chi connectivity index (χ0) is 17.1. The van der Waals surface area contributed by atoms with Crippen LogP contribution in [0, 0.1) is 23.2 Å². The van der Waals surface area contributed by atoms with Crippen LogP contribution in [-0.2, 0) is 9.59 Å². The van der Waals surface area contributed by atoms with E-state index in [1.54, 1.807) is 24.3 Å². The van der Waals surface area contributed by atoms with Gasteiger partial charge in [-0.05, 0) is 31.2 Å². The Morgan fingerprint density at radius 1 is 1.25 bits per heavy atom.